The van der Waals surface area contributed by atoms with Crippen LogP contribution < -0.4 is 10.6 Å². The van der Waals surface area contributed by atoms with Crippen molar-refractivity contribution in [2.45, 2.75) is 16.6 Å². The van der Waals surface area contributed by atoms with Gasteiger partial charge in [-0.05, 0) is 5.56 Å². The zero-order chi connectivity index (χ0) is 18.6. The Morgan fingerprint density at radius 2 is 1.84 bits per heavy atom. The van der Waals surface area contributed by atoms with Crippen molar-refractivity contribution in [3.05, 3.63) is 41.7 Å². The van der Waals surface area contributed by atoms with Gasteiger partial charge in [-0.15, -0.1) is 10.2 Å². The van der Waals surface area contributed by atoms with Crippen LogP contribution in [0.5, 0.6) is 0 Å². The fourth-order valence-electron chi connectivity index (χ4n) is 1.91. The number of urea groups is 1. The summed E-state index contributed by atoms with van der Waals surface area (Å²) in [5, 5.41) is 9.90. The van der Waals surface area contributed by atoms with Gasteiger partial charge in [0.15, 0.2) is 5.16 Å². The van der Waals surface area contributed by atoms with E-state index in [9.17, 15) is 22.8 Å². The van der Waals surface area contributed by atoms with Crippen LogP contribution in [-0.4, -0.2) is 33.8 Å². The number of hydrogen-bond donors (Lipinski definition) is 2. The van der Waals surface area contributed by atoms with Crippen LogP contribution in [0.4, 0.5) is 18.0 Å². The van der Waals surface area contributed by atoms with E-state index in [1.165, 1.54) is 7.05 Å². The van der Waals surface area contributed by atoms with Crippen molar-refractivity contribution in [1.29, 1.82) is 0 Å². The number of rotatable bonds is 4. The first kappa shape index (κ1) is 18.8. The molecular weight excluding hydrogens is 359 g/mol. The fourth-order valence-corrected chi connectivity index (χ4v) is 2.91. The van der Waals surface area contributed by atoms with Gasteiger partial charge in [-0.2, -0.15) is 13.2 Å². The van der Waals surface area contributed by atoms with Gasteiger partial charge < -0.3 is 9.88 Å². The predicted molar refractivity (Wildman–Crippen MR) is 83.6 cm³/mol. The molecule has 1 aromatic carbocycles. The minimum Gasteiger partial charge on any atom is -0.341 e. The van der Waals surface area contributed by atoms with Crippen LogP contribution in [0.3, 0.4) is 0 Å². The molecule has 3 amide bonds. The summed E-state index contributed by atoms with van der Waals surface area (Å²) in [4.78, 5) is 23.7. The number of nitrogens with zero attached hydrogens (tertiary/aromatic N) is 3. The van der Waals surface area contributed by atoms with Gasteiger partial charge in [0, 0.05) is 14.1 Å². The zero-order valence-electron chi connectivity index (χ0n) is 13.2. The topological polar surface area (TPSA) is 88.9 Å². The van der Waals surface area contributed by atoms with Crippen molar-refractivity contribution in [2.75, 3.05) is 7.05 Å². The van der Waals surface area contributed by atoms with E-state index in [0.29, 0.717) is 5.56 Å². The average molecular weight is 373 g/mol. The molecule has 1 atom stereocenters. The molecule has 0 radical (unpaired) electrons. The second-order valence-corrected chi connectivity index (χ2v) is 5.91. The van der Waals surface area contributed by atoms with E-state index in [2.05, 4.69) is 20.8 Å². The van der Waals surface area contributed by atoms with Gasteiger partial charge in [-0.1, -0.05) is 42.1 Å². The Morgan fingerprint density at radius 3 is 2.36 bits per heavy atom. The first-order valence-corrected chi connectivity index (χ1v) is 7.82. The van der Waals surface area contributed by atoms with Crippen molar-refractivity contribution < 1.29 is 22.8 Å². The standard InChI is InChI=1S/C14H14F3N5O2S/c1-18-12(24)19-10(23)9(8-6-4-3-5-7-8)25-13-21-20-11(22(13)2)14(15,16)17/h3-7,9H,1-2H3,(H2,18,19,23,24)/t9-/m0/s1. The van der Waals surface area contributed by atoms with Crippen LogP contribution >= 0.6 is 11.8 Å². The van der Waals surface area contributed by atoms with E-state index in [4.69, 9.17) is 0 Å². The van der Waals surface area contributed by atoms with Gasteiger partial charge in [0.25, 0.3) is 0 Å². The lowest BCUT2D eigenvalue weighted by Gasteiger charge is -2.16. The van der Waals surface area contributed by atoms with Crippen molar-refractivity contribution in [2.24, 2.45) is 7.05 Å². The third-order valence-electron chi connectivity index (χ3n) is 3.12. The van der Waals surface area contributed by atoms with Crippen molar-refractivity contribution >= 4 is 23.7 Å². The lowest BCUT2D eigenvalue weighted by molar-refractivity contribution is -0.147. The molecular formula is C14H14F3N5O2S. The number of amides is 3. The highest BCUT2D eigenvalue weighted by Gasteiger charge is 2.38. The van der Waals surface area contributed by atoms with Gasteiger partial charge in [0.1, 0.15) is 5.25 Å². The summed E-state index contributed by atoms with van der Waals surface area (Å²) in [5.74, 6) is -1.86. The second kappa shape index (κ2) is 7.55. The van der Waals surface area contributed by atoms with Crippen LogP contribution in [0.2, 0.25) is 0 Å². The third kappa shape index (κ3) is 4.50. The molecule has 0 aliphatic heterocycles. The molecule has 1 heterocycles. The summed E-state index contributed by atoms with van der Waals surface area (Å²) in [6.45, 7) is 0. The number of hydrogen-bond acceptors (Lipinski definition) is 5. The summed E-state index contributed by atoms with van der Waals surface area (Å²) in [6.07, 6.45) is -4.66. The Kier molecular flexibility index (Phi) is 5.67. The van der Waals surface area contributed by atoms with Crippen LogP contribution in [-0.2, 0) is 18.0 Å². The van der Waals surface area contributed by atoms with Crippen LogP contribution in [0.25, 0.3) is 0 Å². The lowest BCUT2D eigenvalue weighted by atomic mass is 10.1. The van der Waals surface area contributed by atoms with Crippen LogP contribution in [0, 0.1) is 0 Å². The Labute approximate surface area is 145 Å². The van der Waals surface area contributed by atoms with Gasteiger partial charge in [0.05, 0.1) is 0 Å². The minimum absolute atomic E-state index is 0.103. The molecule has 2 aromatic rings. The highest BCUT2D eigenvalue weighted by Crippen LogP contribution is 2.36. The van der Waals surface area contributed by atoms with Crippen molar-refractivity contribution in [1.82, 2.24) is 25.4 Å². The number of thioether (sulfide) groups is 1. The first-order chi connectivity index (χ1) is 11.7. The molecule has 0 spiro atoms. The summed E-state index contributed by atoms with van der Waals surface area (Å²) < 4.78 is 39.3. The van der Waals surface area contributed by atoms with E-state index >= 15 is 0 Å². The molecule has 134 valence electrons. The van der Waals surface area contributed by atoms with Crippen LogP contribution in [0.15, 0.2) is 35.5 Å². The predicted octanol–water partition coefficient (Wildman–Crippen LogP) is 2.12. The summed E-state index contributed by atoms with van der Waals surface area (Å²) in [7, 11) is 2.50. The number of benzene rings is 1. The molecule has 0 aliphatic carbocycles. The Balaban J connectivity index is 2.33. The molecule has 2 rings (SSSR count). The van der Waals surface area contributed by atoms with Crippen LogP contribution in [0.1, 0.15) is 16.6 Å². The average Bonchev–Trinajstić information content (AvgIpc) is 2.94. The molecule has 7 nitrogen and oxygen atoms in total. The molecule has 0 unspecified atom stereocenters. The van der Waals surface area contributed by atoms with Gasteiger partial charge in [-0.25, -0.2) is 4.79 Å². The molecule has 0 aliphatic rings. The van der Waals surface area contributed by atoms with E-state index < -0.39 is 29.2 Å². The Bertz CT molecular complexity index is 764. The quantitative estimate of drug-likeness (QED) is 0.802. The summed E-state index contributed by atoms with van der Waals surface area (Å²) >= 11 is 0.763. The highest BCUT2D eigenvalue weighted by atomic mass is 32.2. The Morgan fingerprint density at radius 1 is 1.20 bits per heavy atom. The van der Waals surface area contributed by atoms with E-state index in [-0.39, 0.29) is 5.16 Å². The largest absolute Gasteiger partial charge is 0.451 e. The monoisotopic (exact) mass is 373 g/mol. The molecule has 0 bridgehead atoms. The number of alkyl halides is 3. The van der Waals surface area contributed by atoms with Crippen molar-refractivity contribution in [3.63, 3.8) is 0 Å². The van der Waals surface area contributed by atoms with E-state index in [1.807, 2.05) is 0 Å². The number of carbonyl (C=O) groups is 2. The van der Waals surface area contributed by atoms with E-state index in [1.54, 1.807) is 30.3 Å². The lowest BCUT2D eigenvalue weighted by Crippen LogP contribution is -2.39. The number of nitrogens with one attached hydrogen (secondary N) is 2. The van der Waals surface area contributed by atoms with Gasteiger partial charge in [-0.3, -0.25) is 10.1 Å². The molecule has 2 N–H and O–H groups in total. The zero-order valence-corrected chi connectivity index (χ0v) is 14.0. The smallest absolute Gasteiger partial charge is 0.341 e. The maximum Gasteiger partial charge on any atom is 0.451 e. The maximum absolute atomic E-state index is 12.8. The highest BCUT2D eigenvalue weighted by molar-refractivity contribution is 8.00. The Hall–Kier alpha value is -2.56. The molecule has 0 saturated heterocycles. The van der Waals surface area contributed by atoms with Crippen molar-refractivity contribution in [3.8, 4) is 0 Å². The first-order valence-electron chi connectivity index (χ1n) is 6.94. The molecule has 1 aromatic heterocycles. The summed E-state index contributed by atoms with van der Waals surface area (Å²) in [6, 6.07) is 7.61. The number of halogens is 3. The normalized spacial score (nSPS) is 12.5. The maximum atomic E-state index is 12.8. The summed E-state index contributed by atoms with van der Waals surface area (Å²) in [5.41, 5.74) is 0.505. The third-order valence-corrected chi connectivity index (χ3v) is 4.40. The molecule has 0 saturated carbocycles. The minimum atomic E-state index is -4.66. The van der Waals surface area contributed by atoms with Gasteiger partial charge in [0.2, 0.25) is 11.7 Å². The molecule has 11 heteroatoms. The molecule has 25 heavy (non-hydrogen) atoms. The number of carbonyl (C=O) groups excluding carboxylic acids is 2. The molecule has 0 fully saturated rings. The number of imide groups is 1. The number of aromatic nitrogens is 3. The van der Waals surface area contributed by atoms with E-state index in [0.717, 1.165) is 23.4 Å². The van der Waals surface area contributed by atoms with Gasteiger partial charge >= 0.3 is 12.2 Å². The SMILES string of the molecule is CNC(=O)NC(=O)[C@@H](Sc1nnc(C(F)(F)F)n1C)c1ccccc1. The second-order valence-electron chi connectivity index (χ2n) is 4.84. The fraction of sp³-hybridized carbons (Fsp3) is 0.286.